The Morgan fingerprint density at radius 3 is 2.67 bits per heavy atom. The van der Waals surface area contributed by atoms with E-state index in [9.17, 15) is 0 Å². The van der Waals surface area contributed by atoms with Gasteiger partial charge in [-0.15, -0.1) is 0 Å². The summed E-state index contributed by atoms with van der Waals surface area (Å²) >= 11 is 0. The van der Waals surface area contributed by atoms with Gasteiger partial charge >= 0.3 is 0 Å². The lowest BCUT2D eigenvalue weighted by molar-refractivity contribution is 0.0192. The van der Waals surface area contributed by atoms with Gasteiger partial charge in [-0.2, -0.15) is 5.10 Å². The molecule has 0 bridgehead atoms. The van der Waals surface area contributed by atoms with E-state index in [0.717, 1.165) is 32.7 Å². The molecular weight excluding hydrogens is 336 g/mol. The van der Waals surface area contributed by atoms with E-state index in [4.69, 9.17) is 9.84 Å². The number of aryl methyl sites for hydroxylation is 1. The summed E-state index contributed by atoms with van der Waals surface area (Å²) in [6.45, 7) is 8.32. The number of hydrogen-bond acceptors (Lipinski definition) is 4. The van der Waals surface area contributed by atoms with Crippen LogP contribution in [0.15, 0.2) is 0 Å². The first-order valence-corrected chi connectivity index (χ1v) is 11.1. The first kappa shape index (κ1) is 20.8. The van der Waals surface area contributed by atoms with E-state index in [0.29, 0.717) is 17.4 Å². The quantitative estimate of drug-likeness (QED) is 0.658. The highest BCUT2D eigenvalue weighted by molar-refractivity contribution is 5.33. The van der Waals surface area contributed by atoms with Crippen molar-refractivity contribution in [3.63, 3.8) is 0 Å². The molecule has 3 rings (SSSR count). The van der Waals surface area contributed by atoms with E-state index in [2.05, 4.69) is 36.2 Å². The second-order valence-corrected chi connectivity index (χ2v) is 8.65. The molecule has 154 valence electrons. The summed E-state index contributed by atoms with van der Waals surface area (Å²) in [7, 11) is 4.09. The standard InChI is InChI=1S/C22H40N4O/c1-5-22(16-27-6-2)11-9-17(10-12-22)21-19(14-18(24-4)15-23-3)25-26-13-7-8-20(21)26/h17-18,23-24H,5-16H2,1-4H3. The summed E-state index contributed by atoms with van der Waals surface area (Å²) in [6.07, 6.45) is 9.92. The average Bonchev–Trinajstić information content (AvgIpc) is 3.27. The summed E-state index contributed by atoms with van der Waals surface area (Å²) in [4.78, 5) is 0. The molecule has 5 heteroatoms. The molecule has 27 heavy (non-hydrogen) atoms. The maximum atomic E-state index is 5.85. The third-order valence-corrected chi connectivity index (χ3v) is 7.07. The minimum atomic E-state index is 0.405. The molecule has 5 nitrogen and oxygen atoms in total. The highest BCUT2D eigenvalue weighted by Crippen LogP contribution is 2.47. The second kappa shape index (κ2) is 9.53. The Hall–Kier alpha value is -0.910. The van der Waals surface area contributed by atoms with E-state index in [1.165, 1.54) is 50.6 Å². The van der Waals surface area contributed by atoms with Gasteiger partial charge in [0.05, 0.1) is 12.3 Å². The van der Waals surface area contributed by atoms with E-state index in [1.807, 2.05) is 7.05 Å². The Kier molecular flexibility index (Phi) is 7.35. The summed E-state index contributed by atoms with van der Waals surface area (Å²) in [5, 5.41) is 11.8. The molecule has 0 saturated heterocycles. The van der Waals surface area contributed by atoms with Gasteiger partial charge in [0.25, 0.3) is 0 Å². The summed E-state index contributed by atoms with van der Waals surface area (Å²) in [5.74, 6) is 0.690. The Morgan fingerprint density at radius 1 is 1.26 bits per heavy atom. The molecule has 2 aliphatic rings. The lowest BCUT2D eigenvalue weighted by Gasteiger charge is -2.39. The highest BCUT2D eigenvalue weighted by Gasteiger charge is 2.37. The summed E-state index contributed by atoms with van der Waals surface area (Å²) in [5.41, 5.74) is 4.93. The van der Waals surface area contributed by atoms with Crippen LogP contribution in [0.4, 0.5) is 0 Å². The van der Waals surface area contributed by atoms with Crippen LogP contribution in [0, 0.1) is 5.41 Å². The van der Waals surface area contributed by atoms with Crippen LogP contribution in [0.3, 0.4) is 0 Å². The Morgan fingerprint density at radius 2 is 2.04 bits per heavy atom. The van der Waals surface area contributed by atoms with Crippen LogP contribution in [-0.2, 0) is 24.1 Å². The van der Waals surface area contributed by atoms with Crippen molar-refractivity contribution in [3.8, 4) is 0 Å². The predicted molar refractivity (Wildman–Crippen MR) is 111 cm³/mol. The maximum Gasteiger partial charge on any atom is 0.0678 e. The Balaban J connectivity index is 1.76. The maximum absolute atomic E-state index is 5.85. The number of ether oxygens (including phenoxy) is 1. The van der Waals surface area contributed by atoms with Crippen LogP contribution in [-0.4, -0.2) is 49.7 Å². The molecule has 0 amide bonds. The second-order valence-electron chi connectivity index (χ2n) is 8.65. The largest absolute Gasteiger partial charge is 0.381 e. The molecule has 1 saturated carbocycles. The van der Waals surface area contributed by atoms with E-state index >= 15 is 0 Å². The molecule has 2 N–H and O–H groups in total. The van der Waals surface area contributed by atoms with Gasteiger partial charge in [0, 0.05) is 37.9 Å². The number of aromatic nitrogens is 2. The third-order valence-electron chi connectivity index (χ3n) is 7.07. The molecule has 0 spiro atoms. The van der Waals surface area contributed by atoms with Gasteiger partial charge in [-0.1, -0.05) is 6.92 Å². The first-order valence-electron chi connectivity index (χ1n) is 11.1. The SMILES string of the molecule is CCOCC1(CC)CCC(c2c(CC(CNC)NC)nn3c2CCC3)CC1. The van der Waals surface area contributed by atoms with Gasteiger partial charge < -0.3 is 15.4 Å². The number of rotatable bonds is 10. The smallest absolute Gasteiger partial charge is 0.0678 e. The fourth-order valence-electron chi connectivity index (χ4n) is 5.23. The van der Waals surface area contributed by atoms with Crippen molar-refractivity contribution >= 4 is 0 Å². The zero-order chi connectivity index (χ0) is 19.3. The third kappa shape index (κ3) is 4.57. The van der Waals surface area contributed by atoms with Crippen LogP contribution in [0.1, 0.15) is 75.2 Å². The van der Waals surface area contributed by atoms with E-state index < -0.39 is 0 Å². The Bertz CT molecular complexity index is 589. The zero-order valence-corrected chi connectivity index (χ0v) is 17.9. The molecule has 2 heterocycles. The lowest BCUT2D eigenvalue weighted by Crippen LogP contribution is -2.37. The lowest BCUT2D eigenvalue weighted by atomic mass is 9.67. The van der Waals surface area contributed by atoms with Crippen LogP contribution < -0.4 is 10.6 Å². The van der Waals surface area contributed by atoms with E-state index in [1.54, 1.807) is 11.3 Å². The Labute approximate surface area is 165 Å². The minimum absolute atomic E-state index is 0.405. The first-order chi connectivity index (χ1) is 13.2. The number of hydrogen-bond donors (Lipinski definition) is 2. The number of nitrogens with one attached hydrogen (secondary N) is 2. The van der Waals surface area contributed by atoms with Crippen molar-refractivity contribution in [3.05, 3.63) is 17.0 Å². The van der Waals surface area contributed by atoms with Crippen molar-refractivity contribution < 1.29 is 4.74 Å². The van der Waals surface area contributed by atoms with E-state index in [-0.39, 0.29) is 0 Å². The minimum Gasteiger partial charge on any atom is -0.381 e. The van der Waals surface area contributed by atoms with Crippen molar-refractivity contribution in [1.82, 2.24) is 20.4 Å². The summed E-state index contributed by atoms with van der Waals surface area (Å²) in [6, 6.07) is 0.445. The molecule has 1 aliphatic heterocycles. The van der Waals surface area contributed by atoms with Crippen molar-refractivity contribution in [2.45, 2.75) is 83.7 Å². The number of likely N-dealkylation sites (N-methyl/N-ethyl adjacent to an activating group) is 2. The van der Waals surface area contributed by atoms with Gasteiger partial charge in [-0.25, -0.2) is 0 Å². The van der Waals surface area contributed by atoms with Crippen LogP contribution >= 0.6 is 0 Å². The van der Waals surface area contributed by atoms with Gasteiger partial charge in [0.2, 0.25) is 0 Å². The van der Waals surface area contributed by atoms with Gasteiger partial charge in [0.15, 0.2) is 0 Å². The molecular formula is C22H40N4O. The fraction of sp³-hybridized carbons (Fsp3) is 0.864. The van der Waals surface area contributed by atoms with Crippen molar-refractivity contribution in [2.24, 2.45) is 5.41 Å². The van der Waals surface area contributed by atoms with Gasteiger partial charge in [-0.05, 0) is 82.9 Å². The van der Waals surface area contributed by atoms with Gasteiger partial charge in [0.1, 0.15) is 0 Å². The zero-order valence-electron chi connectivity index (χ0n) is 17.9. The normalized spacial score (nSPS) is 26.3. The molecule has 0 radical (unpaired) electrons. The number of fused-ring (bicyclic) bond motifs is 1. The average molecular weight is 377 g/mol. The molecule has 1 unspecified atom stereocenters. The molecule has 1 aromatic rings. The van der Waals surface area contributed by atoms with Crippen LogP contribution in [0.5, 0.6) is 0 Å². The van der Waals surface area contributed by atoms with Crippen LogP contribution in [0.25, 0.3) is 0 Å². The van der Waals surface area contributed by atoms with Crippen molar-refractivity contribution in [1.29, 1.82) is 0 Å². The summed E-state index contributed by atoms with van der Waals surface area (Å²) < 4.78 is 8.17. The monoisotopic (exact) mass is 376 g/mol. The highest BCUT2D eigenvalue weighted by atomic mass is 16.5. The topological polar surface area (TPSA) is 51.1 Å². The molecule has 0 aromatic carbocycles. The van der Waals surface area contributed by atoms with Gasteiger partial charge in [-0.3, -0.25) is 4.68 Å². The molecule has 1 aromatic heterocycles. The molecule has 1 fully saturated rings. The molecule has 1 atom stereocenters. The molecule has 1 aliphatic carbocycles. The fourth-order valence-corrected chi connectivity index (χ4v) is 5.23. The van der Waals surface area contributed by atoms with Crippen LogP contribution in [0.2, 0.25) is 0 Å². The van der Waals surface area contributed by atoms with Crippen molar-refractivity contribution in [2.75, 3.05) is 33.9 Å². The number of nitrogens with zero attached hydrogens (tertiary/aromatic N) is 2. The predicted octanol–water partition coefficient (Wildman–Crippen LogP) is 3.27.